The van der Waals surface area contributed by atoms with E-state index < -0.39 is 27.4 Å². The molecule has 0 aliphatic rings. The van der Waals surface area contributed by atoms with Crippen molar-refractivity contribution in [2.24, 2.45) is 0 Å². The van der Waals surface area contributed by atoms with E-state index in [1.54, 1.807) is 0 Å². The molecular weight excluding hydrogens is 202 g/mol. The van der Waals surface area contributed by atoms with Crippen LogP contribution in [0.2, 0.25) is 0 Å². The van der Waals surface area contributed by atoms with Gasteiger partial charge in [0.1, 0.15) is 5.82 Å². The summed E-state index contributed by atoms with van der Waals surface area (Å²) in [4.78, 5) is 24.9. The van der Waals surface area contributed by atoms with E-state index in [-0.39, 0.29) is 0 Å². The molecule has 0 spiro atoms. The van der Waals surface area contributed by atoms with Crippen LogP contribution < -0.4 is 16.0 Å². The molecule has 4 N–H and O–H groups in total. The predicted octanol–water partition coefficient (Wildman–Crippen LogP) is -1.72. The standard InChI is InChI=1S/C4H5N3O5S/c8-3-1-2(5-4(9)6-3)7-13(10,11)12/h1H,(H,10,11,12)(H3,5,6,7,8,9). The Morgan fingerprint density at radius 1 is 1.31 bits per heavy atom. The fraction of sp³-hybridized carbons (Fsp3) is 0. The van der Waals surface area contributed by atoms with Crippen LogP contribution in [0.15, 0.2) is 15.7 Å². The molecule has 1 aromatic heterocycles. The maximum atomic E-state index is 10.6. The lowest BCUT2D eigenvalue weighted by Crippen LogP contribution is -2.24. The first-order valence-corrected chi connectivity index (χ1v) is 4.40. The molecular formula is C4H5N3O5S. The molecule has 13 heavy (non-hydrogen) atoms. The van der Waals surface area contributed by atoms with E-state index in [0.717, 1.165) is 6.07 Å². The Bertz CT molecular complexity index is 483. The summed E-state index contributed by atoms with van der Waals surface area (Å²) in [5, 5.41) is 0. The first kappa shape index (κ1) is 9.48. The molecule has 0 fully saturated rings. The van der Waals surface area contributed by atoms with Crippen LogP contribution in [0.3, 0.4) is 0 Å². The van der Waals surface area contributed by atoms with Crippen molar-refractivity contribution < 1.29 is 13.0 Å². The zero-order chi connectivity index (χ0) is 10.1. The first-order chi connectivity index (χ1) is 5.87. The molecule has 0 aromatic carbocycles. The molecule has 0 saturated heterocycles. The molecule has 0 saturated carbocycles. The van der Waals surface area contributed by atoms with E-state index in [1.807, 2.05) is 9.97 Å². The summed E-state index contributed by atoms with van der Waals surface area (Å²) in [7, 11) is -4.48. The summed E-state index contributed by atoms with van der Waals surface area (Å²) in [6.45, 7) is 0. The van der Waals surface area contributed by atoms with Crippen LogP contribution in [-0.4, -0.2) is 22.9 Å². The Morgan fingerprint density at radius 2 is 1.92 bits per heavy atom. The Labute approximate surface area is 71.5 Å². The van der Waals surface area contributed by atoms with Crippen LogP contribution in [0.4, 0.5) is 5.82 Å². The van der Waals surface area contributed by atoms with Gasteiger partial charge in [0.05, 0.1) is 0 Å². The van der Waals surface area contributed by atoms with Gasteiger partial charge in [-0.25, -0.2) is 9.52 Å². The molecule has 1 rings (SSSR count). The Hall–Kier alpha value is -1.61. The lowest BCUT2D eigenvalue weighted by atomic mass is 10.6. The maximum Gasteiger partial charge on any atom is 0.358 e. The van der Waals surface area contributed by atoms with Crippen molar-refractivity contribution in [2.45, 2.75) is 0 Å². The average Bonchev–Trinajstić information content (AvgIpc) is 1.78. The highest BCUT2D eigenvalue weighted by molar-refractivity contribution is 7.87. The third-order valence-corrected chi connectivity index (χ3v) is 1.48. The van der Waals surface area contributed by atoms with E-state index in [2.05, 4.69) is 0 Å². The summed E-state index contributed by atoms with van der Waals surface area (Å²) in [6.07, 6.45) is 0. The number of anilines is 1. The number of nitrogens with one attached hydrogen (secondary N) is 3. The van der Waals surface area contributed by atoms with E-state index in [1.165, 1.54) is 4.72 Å². The number of aromatic amines is 2. The van der Waals surface area contributed by atoms with Crippen LogP contribution >= 0.6 is 0 Å². The second-order valence-corrected chi connectivity index (χ2v) is 3.23. The monoisotopic (exact) mass is 207 g/mol. The molecule has 0 aliphatic carbocycles. The molecule has 1 heterocycles. The summed E-state index contributed by atoms with van der Waals surface area (Å²) in [6, 6.07) is 0.773. The van der Waals surface area contributed by atoms with Crippen molar-refractivity contribution in [3.05, 3.63) is 26.9 Å². The topological polar surface area (TPSA) is 132 Å². The van der Waals surface area contributed by atoms with Gasteiger partial charge in [0.15, 0.2) is 0 Å². The van der Waals surface area contributed by atoms with Crippen LogP contribution in [0.25, 0.3) is 0 Å². The van der Waals surface area contributed by atoms with E-state index in [4.69, 9.17) is 4.55 Å². The quantitative estimate of drug-likeness (QED) is 0.428. The molecule has 0 unspecified atom stereocenters. The lowest BCUT2D eigenvalue weighted by Gasteiger charge is -1.99. The van der Waals surface area contributed by atoms with Gasteiger partial charge in [0, 0.05) is 6.07 Å². The highest BCUT2D eigenvalue weighted by atomic mass is 32.2. The third-order valence-electron chi connectivity index (χ3n) is 0.999. The second-order valence-electron chi connectivity index (χ2n) is 2.08. The summed E-state index contributed by atoms with van der Waals surface area (Å²) in [5.41, 5.74) is -1.66. The predicted molar refractivity (Wildman–Crippen MR) is 42.9 cm³/mol. The van der Waals surface area contributed by atoms with E-state index in [0.29, 0.717) is 0 Å². The maximum absolute atomic E-state index is 10.6. The Balaban J connectivity index is 3.18. The van der Waals surface area contributed by atoms with Crippen LogP contribution in [-0.2, 0) is 10.3 Å². The zero-order valence-electron chi connectivity index (χ0n) is 6.07. The fourth-order valence-corrected chi connectivity index (χ4v) is 1.05. The SMILES string of the molecule is O=c1cc(NS(=O)(=O)O)[nH]c(=O)[nH]1. The average molecular weight is 207 g/mol. The number of rotatable bonds is 2. The summed E-state index contributed by atoms with van der Waals surface area (Å²) < 4.78 is 30.3. The molecule has 0 atom stereocenters. The van der Waals surface area contributed by atoms with Crippen molar-refractivity contribution >= 4 is 16.1 Å². The van der Waals surface area contributed by atoms with Gasteiger partial charge in [-0.1, -0.05) is 0 Å². The van der Waals surface area contributed by atoms with Gasteiger partial charge in [-0.15, -0.1) is 0 Å². The van der Waals surface area contributed by atoms with Gasteiger partial charge < -0.3 is 0 Å². The summed E-state index contributed by atoms with van der Waals surface area (Å²) in [5.74, 6) is -0.406. The minimum Gasteiger partial charge on any atom is -0.293 e. The van der Waals surface area contributed by atoms with Gasteiger partial charge in [-0.2, -0.15) is 8.42 Å². The minimum absolute atomic E-state index is 0.406. The van der Waals surface area contributed by atoms with E-state index >= 15 is 0 Å². The zero-order valence-corrected chi connectivity index (χ0v) is 6.88. The molecule has 0 bridgehead atoms. The van der Waals surface area contributed by atoms with Gasteiger partial charge in [-0.05, 0) is 0 Å². The van der Waals surface area contributed by atoms with Gasteiger partial charge in [0.25, 0.3) is 5.56 Å². The first-order valence-electron chi connectivity index (χ1n) is 2.96. The number of H-pyrrole nitrogens is 2. The van der Waals surface area contributed by atoms with Gasteiger partial charge in [-0.3, -0.25) is 19.3 Å². The molecule has 0 aliphatic heterocycles. The molecule has 0 radical (unpaired) electrons. The molecule has 8 nitrogen and oxygen atoms in total. The van der Waals surface area contributed by atoms with Crippen molar-refractivity contribution in [3.8, 4) is 0 Å². The smallest absolute Gasteiger partial charge is 0.293 e. The summed E-state index contributed by atoms with van der Waals surface area (Å²) >= 11 is 0. The van der Waals surface area contributed by atoms with Crippen molar-refractivity contribution in [3.63, 3.8) is 0 Å². The van der Waals surface area contributed by atoms with E-state index in [9.17, 15) is 18.0 Å². The lowest BCUT2D eigenvalue weighted by molar-refractivity contribution is 0.489. The highest BCUT2D eigenvalue weighted by Crippen LogP contribution is 1.94. The van der Waals surface area contributed by atoms with Crippen LogP contribution in [0, 0.1) is 0 Å². The Kier molecular flexibility index (Phi) is 2.21. The molecule has 1 aromatic rings. The number of hydrogen-bond donors (Lipinski definition) is 4. The molecule has 9 heteroatoms. The number of aromatic nitrogens is 2. The normalized spacial score (nSPS) is 11.2. The van der Waals surface area contributed by atoms with Crippen LogP contribution in [0.5, 0.6) is 0 Å². The Morgan fingerprint density at radius 3 is 2.38 bits per heavy atom. The second kappa shape index (κ2) is 3.03. The van der Waals surface area contributed by atoms with Crippen molar-refractivity contribution in [2.75, 3.05) is 4.72 Å². The number of hydrogen-bond acceptors (Lipinski definition) is 4. The van der Waals surface area contributed by atoms with Crippen molar-refractivity contribution in [1.82, 2.24) is 9.97 Å². The third kappa shape index (κ3) is 3.09. The fourth-order valence-electron chi connectivity index (χ4n) is 0.663. The highest BCUT2D eigenvalue weighted by Gasteiger charge is 2.04. The largest absolute Gasteiger partial charge is 0.358 e. The van der Waals surface area contributed by atoms with Crippen LogP contribution in [0.1, 0.15) is 0 Å². The van der Waals surface area contributed by atoms with Crippen molar-refractivity contribution in [1.29, 1.82) is 0 Å². The van der Waals surface area contributed by atoms with Gasteiger partial charge >= 0.3 is 16.0 Å². The molecule has 0 amide bonds. The molecule has 72 valence electrons. The van der Waals surface area contributed by atoms with Gasteiger partial charge in [0.2, 0.25) is 0 Å². The minimum atomic E-state index is -4.48.